The average molecular weight is 817 g/mol. The number of aromatic nitrogens is 2. The Morgan fingerprint density at radius 1 is 0.733 bits per heavy atom. The highest BCUT2D eigenvalue weighted by Gasteiger charge is 2.35. The summed E-state index contributed by atoms with van der Waals surface area (Å²) in [5.74, 6) is -4.17. The van der Waals surface area contributed by atoms with Gasteiger partial charge >= 0.3 is 12.1 Å². The summed E-state index contributed by atoms with van der Waals surface area (Å²) in [6, 6.07) is 29.8. The highest BCUT2D eigenvalue weighted by molar-refractivity contribution is 5.99. The number of fused-ring (bicyclic) bond motifs is 1. The first-order valence-electron chi connectivity index (χ1n) is 19.2. The molecule has 2 unspecified atom stereocenters. The molecule has 5 aromatic rings. The van der Waals surface area contributed by atoms with Crippen LogP contribution >= 0.6 is 0 Å². The Balaban J connectivity index is 1.52. The number of hydrogen-bond acceptors (Lipinski definition) is 11. The van der Waals surface area contributed by atoms with Crippen LogP contribution in [0.3, 0.4) is 0 Å². The van der Waals surface area contributed by atoms with Gasteiger partial charge in [0, 0.05) is 18.1 Å². The highest BCUT2D eigenvalue weighted by atomic mass is 16.5. The van der Waals surface area contributed by atoms with Crippen LogP contribution in [0.15, 0.2) is 121 Å². The monoisotopic (exact) mass is 816 g/mol. The number of alkyl carbamates (subject to hydrolysis) is 1. The molecule has 5 amide bonds. The van der Waals surface area contributed by atoms with E-state index >= 15 is 0 Å². The number of hydrogen-bond donors (Lipinski definition) is 5. The zero-order valence-corrected chi connectivity index (χ0v) is 33.4. The molecule has 0 saturated heterocycles. The third kappa shape index (κ3) is 12.9. The van der Waals surface area contributed by atoms with E-state index in [9.17, 15) is 28.8 Å². The van der Waals surface area contributed by atoms with Crippen LogP contribution in [-0.4, -0.2) is 88.6 Å². The summed E-state index contributed by atoms with van der Waals surface area (Å²) in [7, 11) is 1.19. The van der Waals surface area contributed by atoms with Gasteiger partial charge < -0.3 is 31.2 Å². The molecule has 2 aromatic heterocycles. The van der Waals surface area contributed by atoms with Gasteiger partial charge in [0.2, 0.25) is 11.8 Å². The van der Waals surface area contributed by atoms with Crippen molar-refractivity contribution in [2.24, 2.45) is 11.7 Å². The molecule has 0 spiro atoms. The van der Waals surface area contributed by atoms with Crippen LogP contribution in [0.1, 0.15) is 52.4 Å². The van der Waals surface area contributed by atoms with Gasteiger partial charge in [0.05, 0.1) is 31.6 Å². The SMILES string of the molecule is COC(=O)N[C@H](C(=O)NN(Cc1ccccc1)CC(OC(=O)c1ccccn1)C(Cc1ccccc1)NC(=O)[C@H](CC(N)=O)NC(=O)c1ccc2ccccc2n1)C(C)C. The molecular formula is C44H48N8O8. The number of para-hydroxylation sites is 1. The minimum absolute atomic E-state index is 0.00709. The Morgan fingerprint density at radius 3 is 2.05 bits per heavy atom. The fraction of sp³-hybridized carbons (Fsp3) is 0.273. The van der Waals surface area contributed by atoms with Gasteiger partial charge in [0.1, 0.15) is 29.6 Å². The van der Waals surface area contributed by atoms with Crippen LogP contribution in [0.25, 0.3) is 10.9 Å². The first-order valence-corrected chi connectivity index (χ1v) is 19.2. The lowest BCUT2D eigenvalue weighted by atomic mass is 9.99. The predicted molar refractivity (Wildman–Crippen MR) is 221 cm³/mol. The molecule has 0 aliphatic rings. The van der Waals surface area contributed by atoms with Crippen molar-refractivity contribution in [2.45, 2.75) is 57.5 Å². The fourth-order valence-electron chi connectivity index (χ4n) is 6.31. The number of benzene rings is 3. The average Bonchev–Trinajstić information content (AvgIpc) is 3.25. The number of nitrogens with one attached hydrogen (secondary N) is 4. The lowest BCUT2D eigenvalue weighted by Gasteiger charge is -2.34. The number of nitrogens with zero attached hydrogens (tertiary/aromatic N) is 3. The Labute approximate surface area is 347 Å². The Morgan fingerprint density at radius 2 is 1.40 bits per heavy atom. The van der Waals surface area contributed by atoms with Crippen molar-refractivity contribution in [3.05, 3.63) is 144 Å². The maximum atomic E-state index is 14.3. The van der Waals surface area contributed by atoms with Crippen molar-refractivity contribution in [3.63, 3.8) is 0 Å². The third-order valence-corrected chi connectivity index (χ3v) is 9.36. The molecule has 5 rings (SSSR count). The highest BCUT2D eigenvalue weighted by Crippen LogP contribution is 2.17. The molecule has 0 aliphatic carbocycles. The predicted octanol–water partition coefficient (Wildman–Crippen LogP) is 3.47. The van der Waals surface area contributed by atoms with E-state index in [4.69, 9.17) is 15.2 Å². The van der Waals surface area contributed by atoms with Gasteiger partial charge in [-0.2, -0.15) is 0 Å². The van der Waals surface area contributed by atoms with Crippen LogP contribution in [0.2, 0.25) is 0 Å². The van der Waals surface area contributed by atoms with Crippen molar-refractivity contribution >= 4 is 46.6 Å². The third-order valence-electron chi connectivity index (χ3n) is 9.36. The van der Waals surface area contributed by atoms with Gasteiger partial charge in [0.15, 0.2) is 0 Å². The second-order valence-electron chi connectivity index (χ2n) is 14.2. The van der Waals surface area contributed by atoms with Gasteiger partial charge in [-0.1, -0.05) is 105 Å². The molecule has 0 radical (unpaired) electrons. The molecule has 60 heavy (non-hydrogen) atoms. The number of ether oxygens (including phenoxy) is 2. The molecule has 6 N–H and O–H groups in total. The van der Waals surface area contributed by atoms with Crippen LogP contribution in [-0.2, 0) is 36.8 Å². The van der Waals surface area contributed by atoms with Gasteiger partial charge in [-0.25, -0.2) is 24.6 Å². The number of rotatable bonds is 19. The normalized spacial score (nSPS) is 13.0. The summed E-state index contributed by atoms with van der Waals surface area (Å²) in [4.78, 5) is 88.7. The van der Waals surface area contributed by atoms with E-state index in [1.807, 2.05) is 60.7 Å². The number of carbonyl (C=O) groups is 6. The first-order chi connectivity index (χ1) is 28.9. The van der Waals surface area contributed by atoms with E-state index in [0.29, 0.717) is 5.52 Å². The Kier molecular flexibility index (Phi) is 15.8. The summed E-state index contributed by atoms with van der Waals surface area (Å²) in [5.41, 5.74) is 10.5. The van der Waals surface area contributed by atoms with Crippen LogP contribution in [0.4, 0.5) is 4.79 Å². The molecular weight excluding hydrogens is 769 g/mol. The summed E-state index contributed by atoms with van der Waals surface area (Å²) < 4.78 is 10.9. The van der Waals surface area contributed by atoms with E-state index < -0.39 is 66.3 Å². The summed E-state index contributed by atoms with van der Waals surface area (Å²) in [6.45, 7) is 3.39. The summed E-state index contributed by atoms with van der Waals surface area (Å²) in [6.07, 6.45) is -1.09. The van der Waals surface area contributed by atoms with Crippen molar-refractivity contribution in [1.29, 1.82) is 0 Å². The second kappa shape index (κ2) is 21.5. The van der Waals surface area contributed by atoms with Crippen molar-refractivity contribution < 1.29 is 38.2 Å². The second-order valence-corrected chi connectivity index (χ2v) is 14.2. The standard InChI is InChI=1S/C44H48N8O8/c1-28(2)39(50-44(58)59-3)42(56)51-52(26-30-16-8-5-9-17-30)27-37(60-43(57)34-20-12-13-23-46-34)35(24-29-14-6-4-7-15-29)48-41(55)36(25-38(45)53)49-40(54)33-22-21-31-18-10-11-19-32(31)47-33/h4-23,28,35-37,39H,24-27H2,1-3H3,(H2,45,53)(H,48,55)(H,49,54)(H,50,58)(H,51,56)/t35?,36-,37?,39-/m0/s1. The van der Waals surface area contributed by atoms with Crippen molar-refractivity contribution in [1.82, 2.24) is 36.4 Å². The minimum Gasteiger partial charge on any atom is -0.454 e. The first kappa shape index (κ1) is 43.9. The number of primary amides is 1. The summed E-state index contributed by atoms with van der Waals surface area (Å²) in [5, 5.41) is 10.4. The number of hydrazine groups is 1. The molecule has 16 heteroatoms. The fourth-order valence-corrected chi connectivity index (χ4v) is 6.31. The van der Waals surface area contributed by atoms with E-state index in [2.05, 4.69) is 31.3 Å². The zero-order valence-electron chi connectivity index (χ0n) is 33.4. The van der Waals surface area contributed by atoms with E-state index in [1.165, 1.54) is 30.4 Å². The molecule has 16 nitrogen and oxygen atoms in total. The van der Waals surface area contributed by atoms with E-state index in [-0.39, 0.29) is 36.8 Å². The smallest absolute Gasteiger partial charge is 0.407 e. The van der Waals surface area contributed by atoms with E-state index in [1.54, 1.807) is 56.3 Å². The molecule has 0 bridgehead atoms. The maximum Gasteiger partial charge on any atom is 0.407 e. The van der Waals surface area contributed by atoms with Crippen LogP contribution in [0, 0.1) is 5.92 Å². The van der Waals surface area contributed by atoms with E-state index in [0.717, 1.165) is 16.5 Å². The largest absolute Gasteiger partial charge is 0.454 e. The lowest BCUT2D eigenvalue weighted by molar-refractivity contribution is -0.131. The molecule has 0 saturated carbocycles. The Bertz CT molecular complexity index is 2240. The van der Waals surface area contributed by atoms with Gasteiger partial charge in [-0.3, -0.25) is 24.6 Å². The topological polar surface area (TPSA) is 224 Å². The maximum absolute atomic E-state index is 14.3. The quantitative estimate of drug-likeness (QED) is 0.0600. The number of amides is 5. The van der Waals surface area contributed by atoms with Crippen LogP contribution in [0.5, 0.6) is 0 Å². The van der Waals surface area contributed by atoms with Crippen molar-refractivity contribution in [3.8, 4) is 0 Å². The lowest BCUT2D eigenvalue weighted by Crippen LogP contribution is -2.59. The summed E-state index contributed by atoms with van der Waals surface area (Å²) >= 11 is 0. The van der Waals surface area contributed by atoms with Crippen LogP contribution < -0.4 is 27.1 Å². The van der Waals surface area contributed by atoms with Gasteiger partial charge in [0.25, 0.3) is 11.8 Å². The molecule has 0 fully saturated rings. The van der Waals surface area contributed by atoms with Gasteiger partial charge in [-0.15, -0.1) is 0 Å². The number of pyridine rings is 2. The molecule has 3 aromatic carbocycles. The number of esters is 1. The van der Waals surface area contributed by atoms with Crippen molar-refractivity contribution in [2.75, 3.05) is 13.7 Å². The molecule has 312 valence electrons. The zero-order chi connectivity index (χ0) is 43.0. The number of nitrogens with two attached hydrogens (primary N) is 1. The number of methoxy groups -OCH3 is 1. The van der Waals surface area contributed by atoms with Gasteiger partial charge in [-0.05, 0) is 47.7 Å². The number of carbonyl (C=O) groups excluding carboxylic acids is 6. The molecule has 2 heterocycles. The molecule has 0 aliphatic heterocycles. The Hall–Kier alpha value is -7.20. The molecule has 4 atom stereocenters. The minimum atomic E-state index is -1.47.